The molecular formula is C13H13FN6O. The van der Waals surface area contributed by atoms with E-state index in [1.807, 2.05) is 0 Å². The summed E-state index contributed by atoms with van der Waals surface area (Å²) < 4.78 is 14.8. The number of nitrogens with two attached hydrogens (primary N) is 1. The van der Waals surface area contributed by atoms with Gasteiger partial charge in [-0.2, -0.15) is 10.2 Å². The predicted molar refractivity (Wildman–Crippen MR) is 76.2 cm³/mol. The van der Waals surface area contributed by atoms with Crippen LogP contribution in [0.25, 0.3) is 21.9 Å². The van der Waals surface area contributed by atoms with Crippen molar-refractivity contribution in [3.05, 3.63) is 23.5 Å². The van der Waals surface area contributed by atoms with Gasteiger partial charge in [0.1, 0.15) is 5.82 Å². The number of carbonyl (C=O) groups is 1. The van der Waals surface area contributed by atoms with Gasteiger partial charge in [-0.05, 0) is 13.0 Å². The Morgan fingerprint density at radius 3 is 2.76 bits per heavy atom. The molecule has 3 rings (SSSR count). The van der Waals surface area contributed by atoms with Gasteiger partial charge in [-0.3, -0.25) is 9.48 Å². The number of halogens is 1. The van der Waals surface area contributed by atoms with Crippen molar-refractivity contribution in [1.29, 1.82) is 0 Å². The van der Waals surface area contributed by atoms with Crippen LogP contribution >= 0.6 is 0 Å². The topological polar surface area (TPSA) is 89.9 Å². The van der Waals surface area contributed by atoms with Gasteiger partial charge in [0, 0.05) is 19.5 Å². The Kier molecular flexibility index (Phi) is 2.75. The highest BCUT2D eigenvalue weighted by Crippen LogP contribution is 2.28. The third-order valence-corrected chi connectivity index (χ3v) is 3.40. The molecule has 0 aliphatic carbocycles. The van der Waals surface area contributed by atoms with Crippen molar-refractivity contribution in [2.24, 2.45) is 7.05 Å². The zero-order valence-electron chi connectivity index (χ0n) is 11.8. The molecule has 1 amide bonds. The van der Waals surface area contributed by atoms with Gasteiger partial charge >= 0.3 is 0 Å². The van der Waals surface area contributed by atoms with Crippen molar-refractivity contribution in [3.8, 4) is 0 Å². The lowest BCUT2D eigenvalue weighted by Gasteiger charge is -2.10. The van der Waals surface area contributed by atoms with E-state index in [9.17, 15) is 9.28 Å². The molecule has 0 atom stereocenters. The third kappa shape index (κ3) is 1.87. The lowest BCUT2D eigenvalue weighted by molar-refractivity contribution is 0.0342. The molecule has 8 heteroatoms. The number of hydrogen-bond donors (Lipinski definition) is 1. The van der Waals surface area contributed by atoms with Crippen molar-refractivity contribution in [1.82, 2.24) is 24.9 Å². The molecule has 0 saturated heterocycles. The first-order valence-corrected chi connectivity index (χ1v) is 6.22. The standard InChI is InChI=1S/C13H13FN6O/c1-6-7(13(21)19(2)14)4-8-10-9(5-16-20(10)3)11(15)18-12(8)17-6/h4-5H,1-3H3,(H2,15,17,18). The highest BCUT2D eigenvalue weighted by molar-refractivity contribution is 6.09. The molecular weight excluding hydrogens is 275 g/mol. The Hall–Kier alpha value is -2.77. The first kappa shape index (κ1) is 13.2. The largest absolute Gasteiger partial charge is 0.383 e. The maximum Gasteiger partial charge on any atom is 0.283 e. The van der Waals surface area contributed by atoms with E-state index < -0.39 is 5.91 Å². The molecule has 0 fully saturated rings. The number of pyridine rings is 2. The molecule has 0 aliphatic rings. The smallest absolute Gasteiger partial charge is 0.283 e. The zero-order chi connectivity index (χ0) is 15.3. The Morgan fingerprint density at radius 2 is 2.10 bits per heavy atom. The van der Waals surface area contributed by atoms with Crippen molar-refractivity contribution in [3.63, 3.8) is 0 Å². The van der Waals surface area contributed by atoms with Crippen molar-refractivity contribution < 1.29 is 9.28 Å². The van der Waals surface area contributed by atoms with Crippen molar-refractivity contribution in [2.45, 2.75) is 6.92 Å². The summed E-state index contributed by atoms with van der Waals surface area (Å²) in [6, 6.07) is 1.58. The fraction of sp³-hybridized carbons (Fsp3) is 0.231. The van der Waals surface area contributed by atoms with E-state index in [1.165, 1.54) is 0 Å². The van der Waals surface area contributed by atoms with Crippen LogP contribution in [0.3, 0.4) is 0 Å². The minimum absolute atomic E-state index is 0.0288. The SMILES string of the molecule is Cc1nc2nc(N)c3cnn(C)c3c2cc1C(=O)N(C)F. The number of nitrogen functional groups attached to an aromatic ring is 1. The lowest BCUT2D eigenvalue weighted by Crippen LogP contribution is -2.19. The van der Waals surface area contributed by atoms with Crippen LogP contribution in [0.4, 0.5) is 10.3 Å². The van der Waals surface area contributed by atoms with Crippen LogP contribution in [0.15, 0.2) is 12.3 Å². The van der Waals surface area contributed by atoms with Gasteiger partial charge < -0.3 is 5.73 Å². The average molecular weight is 288 g/mol. The number of fused-ring (bicyclic) bond motifs is 3. The van der Waals surface area contributed by atoms with E-state index >= 15 is 0 Å². The molecule has 108 valence electrons. The predicted octanol–water partition coefficient (Wildman–Crippen LogP) is 1.36. The Balaban J connectivity index is 2.43. The minimum atomic E-state index is -0.756. The maximum absolute atomic E-state index is 13.2. The summed E-state index contributed by atoms with van der Waals surface area (Å²) in [5.41, 5.74) is 7.58. The number of carbonyl (C=O) groups excluding carboxylic acids is 1. The van der Waals surface area contributed by atoms with Crippen LogP contribution in [0.1, 0.15) is 16.1 Å². The molecule has 0 spiro atoms. The molecule has 21 heavy (non-hydrogen) atoms. The highest BCUT2D eigenvalue weighted by Gasteiger charge is 2.19. The molecule has 3 aromatic heterocycles. The minimum Gasteiger partial charge on any atom is -0.383 e. The number of anilines is 1. The van der Waals surface area contributed by atoms with Gasteiger partial charge in [0.25, 0.3) is 5.91 Å². The maximum atomic E-state index is 13.2. The van der Waals surface area contributed by atoms with Crippen LogP contribution < -0.4 is 5.73 Å². The van der Waals surface area contributed by atoms with Gasteiger partial charge in [0.15, 0.2) is 5.65 Å². The molecule has 3 aromatic rings. The molecule has 0 saturated carbocycles. The summed E-state index contributed by atoms with van der Waals surface area (Å²) >= 11 is 0. The van der Waals surface area contributed by atoms with Gasteiger partial charge in [-0.15, -0.1) is 0 Å². The molecule has 0 unspecified atom stereocenters. The van der Waals surface area contributed by atoms with Crippen LogP contribution in [-0.2, 0) is 7.05 Å². The average Bonchev–Trinajstić information content (AvgIpc) is 2.80. The van der Waals surface area contributed by atoms with Crippen molar-refractivity contribution in [2.75, 3.05) is 12.8 Å². The summed E-state index contributed by atoms with van der Waals surface area (Å²) in [5.74, 6) is -0.437. The second-order valence-corrected chi connectivity index (χ2v) is 4.80. The van der Waals surface area contributed by atoms with E-state index in [-0.39, 0.29) is 10.7 Å². The second-order valence-electron chi connectivity index (χ2n) is 4.80. The number of amides is 1. The van der Waals surface area contributed by atoms with E-state index in [4.69, 9.17) is 5.73 Å². The first-order chi connectivity index (χ1) is 9.90. The summed E-state index contributed by atoms with van der Waals surface area (Å²) in [5, 5.41) is 5.44. The van der Waals surface area contributed by atoms with Crippen LogP contribution in [0, 0.1) is 6.92 Å². The molecule has 2 N–H and O–H groups in total. The summed E-state index contributed by atoms with van der Waals surface area (Å²) in [6.45, 7) is 1.63. The Bertz CT molecular complexity index is 885. The monoisotopic (exact) mass is 288 g/mol. The quantitative estimate of drug-likeness (QED) is 0.683. The van der Waals surface area contributed by atoms with Crippen LogP contribution in [0.5, 0.6) is 0 Å². The highest BCUT2D eigenvalue weighted by atomic mass is 19.2. The number of nitrogens with zero attached hydrogens (tertiary/aromatic N) is 5. The van der Waals surface area contributed by atoms with Crippen LogP contribution in [-0.4, -0.2) is 37.8 Å². The Morgan fingerprint density at radius 1 is 1.38 bits per heavy atom. The number of rotatable bonds is 1. The van der Waals surface area contributed by atoms with E-state index in [0.29, 0.717) is 33.4 Å². The number of aryl methyl sites for hydroxylation is 2. The molecule has 0 aliphatic heterocycles. The van der Waals surface area contributed by atoms with Gasteiger partial charge in [0.2, 0.25) is 0 Å². The zero-order valence-corrected chi connectivity index (χ0v) is 11.8. The first-order valence-electron chi connectivity index (χ1n) is 6.22. The van der Waals surface area contributed by atoms with E-state index in [2.05, 4.69) is 15.1 Å². The number of hydrogen-bond acceptors (Lipinski definition) is 5. The van der Waals surface area contributed by atoms with Gasteiger partial charge in [-0.1, -0.05) is 4.48 Å². The molecule has 3 heterocycles. The van der Waals surface area contributed by atoms with Crippen molar-refractivity contribution >= 4 is 33.7 Å². The molecule has 0 aromatic carbocycles. The third-order valence-electron chi connectivity index (χ3n) is 3.40. The van der Waals surface area contributed by atoms with E-state index in [0.717, 1.165) is 7.05 Å². The fourth-order valence-corrected chi connectivity index (χ4v) is 2.35. The molecule has 0 bridgehead atoms. The fourth-order valence-electron chi connectivity index (χ4n) is 2.35. The van der Waals surface area contributed by atoms with E-state index in [1.54, 1.807) is 30.9 Å². The summed E-state index contributed by atoms with van der Waals surface area (Å²) in [4.78, 5) is 20.4. The lowest BCUT2D eigenvalue weighted by atomic mass is 10.1. The molecule has 7 nitrogen and oxygen atoms in total. The normalized spacial score (nSPS) is 11.2. The Labute approximate surface area is 119 Å². The summed E-state index contributed by atoms with van der Waals surface area (Å²) in [6.07, 6.45) is 1.60. The second kappa shape index (κ2) is 4.37. The van der Waals surface area contributed by atoms with Gasteiger partial charge in [0.05, 0.1) is 28.4 Å². The molecule has 0 radical (unpaired) electrons. The van der Waals surface area contributed by atoms with Gasteiger partial charge in [-0.25, -0.2) is 9.97 Å². The van der Waals surface area contributed by atoms with Crippen LogP contribution in [0.2, 0.25) is 0 Å². The number of aromatic nitrogens is 4. The summed E-state index contributed by atoms with van der Waals surface area (Å²) in [7, 11) is 2.80.